The number of nitrogens with one attached hydrogen (secondary N) is 3. The second-order valence-electron chi connectivity index (χ2n) is 5.11. The first-order valence-electron chi connectivity index (χ1n) is 7.05. The number of rotatable bonds is 7. The van der Waals surface area contributed by atoms with Crippen molar-refractivity contribution < 1.29 is 0 Å². The highest BCUT2D eigenvalue weighted by atomic mass is 15.2. The first-order valence-corrected chi connectivity index (χ1v) is 7.05. The molecule has 0 unspecified atom stereocenters. The van der Waals surface area contributed by atoms with Crippen molar-refractivity contribution >= 4 is 22.8 Å². The Hall–Kier alpha value is -1.85. The highest BCUT2D eigenvalue weighted by molar-refractivity contribution is 5.86. The lowest BCUT2D eigenvalue weighted by Gasteiger charge is -2.09. The molecular formula is C13H20N6. The van der Waals surface area contributed by atoms with Gasteiger partial charge in [0.05, 0.1) is 11.6 Å². The van der Waals surface area contributed by atoms with Crippen LogP contribution in [-0.4, -0.2) is 33.3 Å². The average molecular weight is 260 g/mol. The Morgan fingerprint density at radius 1 is 1.26 bits per heavy atom. The van der Waals surface area contributed by atoms with Gasteiger partial charge in [0.15, 0.2) is 5.65 Å². The maximum Gasteiger partial charge on any atom is 0.226 e. The fourth-order valence-corrected chi connectivity index (χ4v) is 2.09. The largest absolute Gasteiger partial charge is 0.369 e. The highest BCUT2D eigenvalue weighted by Crippen LogP contribution is 2.32. The zero-order valence-electron chi connectivity index (χ0n) is 11.2. The van der Waals surface area contributed by atoms with Gasteiger partial charge in [-0.05, 0) is 18.8 Å². The van der Waals surface area contributed by atoms with E-state index in [-0.39, 0.29) is 0 Å². The minimum atomic E-state index is 0.660. The number of fused-ring (bicyclic) bond motifs is 1. The third kappa shape index (κ3) is 2.94. The quantitative estimate of drug-likeness (QED) is 0.712. The van der Waals surface area contributed by atoms with E-state index in [1.54, 1.807) is 6.20 Å². The van der Waals surface area contributed by atoms with Gasteiger partial charge in [0.25, 0.3) is 0 Å². The number of hydrogen-bond donors (Lipinski definition) is 3. The van der Waals surface area contributed by atoms with E-state index >= 15 is 0 Å². The Bertz CT molecular complexity index is 545. The number of hydrogen-bond acceptors (Lipinski definition) is 5. The molecule has 19 heavy (non-hydrogen) atoms. The molecule has 6 heteroatoms. The molecule has 6 nitrogen and oxygen atoms in total. The molecule has 0 aliphatic heterocycles. The van der Waals surface area contributed by atoms with Gasteiger partial charge in [-0.25, -0.2) is 0 Å². The zero-order valence-corrected chi connectivity index (χ0v) is 11.2. The third-order valence-electron chi connectivity index (χ3n) is 3.38. The summed E-state index contributed by atoms with van der Waals surface area (Å²) < 4.78 is 0. The highest BCUT2D eigenvalue weighted by Gasteiger charge is 2.20. The molecule has 1 saturated carbocycles. The van der Waals surface area contributed by atoms with Gasteiger partial charge < -0.3 is 10.6 Å². The Morgan fingerprint density at radius 3 is 2.95 bits per heavy atom. The van der Waals surface area contributed by atoms with E-state index in [1.807, 2.05) is 0 Å². The Kier molecular flexibility index (Phi) is 3.48. The molecular weight excluding hydrogens is 240 g/mol. The molecule has 0 saturated heterocycles. The Balaban J connectivity index is 1.75. The van der Waals surface area contributed by atoms with Crippen LogP contribution < -0.4 is 10.6 Å². The molecule has 3 N–H and O–H groups in total. The second-order valence-corrected chi connectivity index (χ2v) is 5.11. The summed E-state index contributed by atoms with van der Waals surface area (Å²) in [6.07, 6.45) is 6.82. The molecule has 1 aliphatic rings. The van der Waals surface area contributed by atoms with Crippen LogP contribution in [0.25, 0.3) is 11.0 Å². The van der Waals surface area contributed by atoms with Crippen LogP contribution in [0.15, 0.2) is 6.20 Å². The molecule has 102 valence electrons. The van der Waals surface area contributed by atoms with Crippen LogP contribution in [0.3, 0.4) is 0 Å². The first-order chi connectivity index (χ1) is 9.36. The van der Waals surface area contributed by atoms with Crippen molar-refractivity contribution in [3.63, 3.8) is 0 Å². The standard InChI is InChI=1S/C13H20N6/c1-2-6-15-13-17-11(14-7-5-9-3-4-9)10-8-16-19-12(10)18-13/h8-9H,2-7H2,1H3,(H3,14,15,16,17,18,19). The van der Waals surface area contributed by atoms with Gasteiger partial charge in [-0.15, -0.1) is 0 Å². The van der Waals surface area contributed by atoms with Crippen molar-refractivity contribution in [3.05, 3.63) is 6.20 Å². The van der Waals surface area contributed by atoms with Crippen LogP contribution in [0.5, 0.6) is 0 Å². The third-order valence-corrected chi connectivity index (χ3v) is 3.38. The van der Waals surface area contributed by atoms with Gasteiger partial charge in [0.2, 0.25) is 5.95 Å². The monoisotopic (exact) mass is 260 g/mol. The lowest BCUT2D eigenvalue weighted by atomic mass is 10.3. The van der Waals surface area contributed by atoms with Crippen LogP contribution in [0.2, 0.25) is 0 Å². The van der Waals surface area contributed by atoms with E-state index in [2.05, 4.69) is 37.7 Å². The van der Waals surface area contributed by atoms with Gasteiger partial charge >= 0.3 is 0 Å². The molecule has 0 radical (unpaired) electrons. The van der Waals surface area contributed by atoms with Gasteiger partial charge in [0.1, 0.15) is 5.82 Å². The summed E-state index contributed by atoms with van der Waals surface area (Å²) in [7, 11) is 0. The number of aromatic amines is 1. The molecule has 2 aromatic rings. The van der Waals surface area contributed by atoms with E-state index in [1.165, 1.54) is 19.3 Å². The lowest BCUT2D eigenvalue weighted by molar-refractivity contribution is 0.759. The van der Waals surface area contributed by atoms with E-state index in [0.717, 1.165) is 42.3 Å². The topological polar surface area (TPSA) is 78.5 Å². The minimum absolute atomic E-state index is 0.660. The molecule has 0 spiro atoms. The van der Waals surface area contributed by atoms with Gasteiger partial charge in [-0.2, -0.15) is 15.1 Å². The fourth-order valence-electron chi connectivity index (χ4n) is 2.09. The van der Waals surface area contributed by atoms with Gasteiger partial charge in [-0.1, -0.05) is 19.8 Å². The molecule has 0 amide bonds. The number of H-pyrrole nitrogens is 1. The number of aromatic nitrogens is 4. The Labute approximate surface area is 112 Å². The number of anilines is 2. The van der Waals surface area contributed by atoms with Crippen molar-refractivity contribution in [2.24, 2.45) is 5.92 Å². The van der Waals surface area contributed by atoms with E-state index < -0.39 is 0 Å². The predicted octanol–water partition coefficient (Wildman–Crippen LogP) is 2.39. The smallest absolute Gasteiger partial charge is 0.226 e. The summed E-state index contributed by atoms with van der Waals surface area (Å²) >= 11 is 0. The molecule has 3 rings (SSSR count). The van der Waals surface area contributed by atoms with Crippen molar-refractivity contribution in [3.8, 4) is 0 Å². The maximum atomic E-state index is 4.53. The van der Waals surface area contributed by atoms with Crippen molar-refractivity contribution in [1.29, 1.82) is 0 Å². The lowest BCUT2D eigenvalue weighted by Crippen LogP contribution is -2.09. The first kappa shape index (κ1) is 12.2. The van der Waals surface area contributed by atoms with Crippen molar-refractivity contribution in [2.75, 3.05) is 23.7 Å². The van der Waals surface area contributed by atoms with Crippen LogP contribution in [0.1, 0.15) is 32.6 Å². The molecule has 1 aliphatic carbocycles. The molecule has 1 fully saturated rings. The van der Waals surface area contributed by atoms with Crippen LogP contribution in [-0.2, 0) is 0 Å². The zero-order chi connectivity index (χ0) is 13.1. The summed E-state index contributed by atoms with van der Waals surface area (Å²) in [5.74, 6) is 2.46. The summed E-state index contributed by atoms with van der Waals surface area (Å²) in [5, 5.41) is 14.5. The molecule has 2 aromatic heterocycles. The second kappa shape index (κ2) is 5.42. The van der Waals surface area contributed by atoms with Crippen molar-refractivity contribution in [2.45, 2.75) is 32.6 Å². The summed E-state index contributed by atoms with van der Waals surface area (Å²) in [6.45, 7) is 3.97. The normalized spacial score (nSPS) is 14.8. The van der Waals surface area contributed by atoms with E-state index in [9.17, 15) is 0 Å². The molecule has 0 atom stereocenters. The van der Waals surface area contributed by atoms with E-state index in [0.29, 0.717) is 5.95 Å². The minimum Gasteiger partial charge on any atom is -0.369 e. The summed E-state index contributed by atoms with van der Waals surface area (Å²) in [5.41, 5.74) is 0.780. The van der Waals surface area contributed by atoms with Gasteiger partial charge in [0, 0.05) is 13.1 Å². The number of nitrogens with zero attached hydrogens (tertiary/aromatic N) is 3. The van der Waals surface area contributed by atoms with E-state index in [4.69, 9.17) is 0 Å². The van der Waals surface area contributed by atoms with Crippen LogP contribution in [0, 0.1) is 5.92 Å². The maximum absolute atomic E-state index is 4.53. The Morgan fingerprint density at radius 2 is 2.16 bits per heavy atom. The summed E-state index contributed by atoms with van der Waals surface area (Å²) in [4.78, 5) is 8.94. The SMILES string of the molecule is CCCNc1nc(NCCC2CC2)c2cn[nH]c2n1. The molecule has 0 bridgehead atoms. The van der Waals surface area contributed by atoms with Crippen LogP contribution in [0.4, 0.5) is 11.8 Å². The van der Waals surface area contributed by atoms with Crippen molar-refractivity contribution in [1.82, 2.24) is 20.2 Å². The predicted molar refractivity (Wildman–Crippen MR) is 76.3 cm³/mol. The molecule has 2 heterocycles. The van der Waals surface area contributed by atoms with Gasteiger partial charge in [-0.3, -0.25) is 5.10 Å². The summed E-state index contributed by atoms with van der Waals surface area (Å²) in [6, 6.07) is 0. The van der Waals surface area contributed by atoms with Crippen LogP contribution >= 0.6 is 0 Å². The average Bonchev–Trinajstić information content (AvgIpc) is 3.12. The fraction of sp³-hybridized carbons (Fsp3) is 0.615. The molecule has 0 aromatic carbocycles.